The molecule has 1 aliphatic carbocycles. The molecule has 1 aromatic carbocycles. The molecule has 0 saturated heterocycles. The minimum absolute atomic E-state index is 0.134. The molecule has 1 N–H and O–H groups in total. The van der Waals surface area contributed by atoms with Crippen LogP contribution in [-0.2, 0) is 0 Å². The third-order valence-electron chi connectivity index (χ3n) is 4.42. The number of ether oxygens (including phenoxy) is 1. The summed E-state index contributed by atoms with van der Waals surface area (Å²) >= 11 is 0. The SMILES string of the molecule is CC1CC(C)CC2(C1)C[C@@H](O)c1ccccc1O2. The van der Waals surface area contributed by atoms with Crippen LogP contribution >= 0.6 is 0 Å². The molecule has 98 valence electrons. The summed E-state index contributed by atoms with van der Waals surface area (Å²) in [4.78, 5) is 0. The van der Waals surface area contributed by atoms with Gasteiger partial charge in [-0.25, -0.2) is 0 Å². The summed E-state index contributed by atoms with van der Waals surface area (Å²) in [5.41, 5.74) is 0.819. The second kappa shape index (κ2) is 4.27. The Kier molecular flexibility index (Phi) is 2.86. The second-order valence-electron chi connectivity index (χ2n) is 6.40. The van der Waals surface area contributed by atoms with E-state index in [9.17, 15) is 5.11 Å². The molecular formula is C16H22O2. The number of aliphatic hydroxyl groups is 1. The normalized spacial score (nSPS) is 39.2. The molecule has 0 bridgehead atoms. The zero-order chi connectivity index (χ0) is 12.8. The summed E-state index contributed by atoms with van der Waals surface area (Å²) in [5, 5.41) is 10.4. The summed E-state index contributed by atoms with van der Waals surface area (Å²) in [7, 11) is 0. The average molecular weight is 246 g/mol. The van der Waals surface area contributed by atoms with Crippen molar-refractivity contribution < 1.29 is 9.84 Å². The molecular weight excluding hydrogens is 224 g/mol. The largest absolute Gasteiger partial charge is 0.487 e. The van der Waals surface area contributed by atoms with Gasteiger partial charge in [0, 0.05) is 12.0 Å². The van der Waals surface area contributed by atoms with Crippen molar-refractivity contribution in [3.8, 4) is 5.75 Å². The van der Waals surface area contributed by atoms with Crippen LogP contribution in [0.2, 0.25) is 0 Å². The Morgan fingerprint density at radius 3 is 2.50 bits per heavy atom. The third kappa shape index (κ3) is 2.03. The van der Waals surface area contributed by atoms with E-state index in [1.54, 1.807) is 0 Å². The molecule has 2 unspecified atom stereocenters. The lowest BCUT2D eigenvalue weighted by Crippen LogP contribution is -2.46. The molecule has 3 rings (SSSR count). The van der Waals surface area contributed by atoms with Crippen LogP contribution in [-0.4, -0.2) is 10.7 Å². The predicted molar refractivity (Wildman–Crippen MR) is 71.6 cm³/mol. The lowest BCUT2D eigenvalue weighted by Gasteiger charge is -2.47. The first kappa shape index (κ1) is 12.0. The number of benzene rings is 1. The zero-order valence-electron chi connectivity index (χ0n) is 11.2. The molecule has 18 heavy (non-hydrogen) atoms. The van der Waals surface area contributed by atoms with E-state index in [0.717, 1.165) is 30.6 Å². The fourth-order valence-corrected chi connectivity index (χ4v) is 4.04. The second-order valence-corrected chi connectivity index (χ2v) is 6.40. The van der Waals surface area contributed by atoms with Crippen molar-refractivity contribution >= 4 is 0 Å². The van der Waals surface area contributed by atoms with Crippen LogP contribution in [0.3, 0.4) is 0 Å². The van der Waals surface area contributed by atoms with Crippen molar-refractivity contribution in [1.29, 1.82) is 0 Å². The van der Waals surface area contributed by atoms with Gasteiger partial charge in [0.2, 0.25) is 0 Å². The lowest BCUT2D eigenvalue weighted by molar-refractivity contribution is -0.0623. The van der Waals surface area contributed by atoms with Gasteiger partial charge in [-0.15, -0.1) is 0 Å². The molecule has 0 radical (unpaired) electrons. The van der Waals surface area contributed by atoms with Gasteiger partial charge in [0.05, 0.1) is 6.10 Å². The molecule has 1 fully saturated rings. The van der Waals surface area contributed by atoms with Gasteiger partial charge in [0.15, 0.2) is 0 Å². The fourth-order valence-electron chi connectivity index (χ4n) is 4.04. The summed E-state index contributed by atoms with van der Waals surface area (Å²) in [6.45, 7) is 4.60. The van der Waals surface area contributed by atoms with Crippen LogP contribution in [0.25, 0.3) is 0 Å². The Labute approximate surface area is 109 Å². The average Bonchev–Trinajstić information content (AvgIpc) is 2.26. The molecule has 1 saturated carbocycles. The summed E-state index contributed by atoms with van der Waals surface area (Å²) < 4.78 is 6.31. The van der Waals surface area contributed by atoms with Crippen LogP contribution in [0.5, 0.6) is 5.75 Å². The van der Waals surface area contributed by atoms with E-state index in [1.165, 1.54) is 6.42 Å². The van der Waals surface area contributed by atoms with Gasteiger partial charge >= 0.3 is 0 Å². The minimum Gasteiger partial charge on any atom is -0.487 e. The molecule has 0 amide bonds. The van der Waals surface area contributed by atoms with E-state index in [0.29, 0.717) is 11.8 Å². The smallest absolute Gasteiger partial charge is 0.125 e. The first-order valence-electron chi connectivity index (χ1n) is 7.04. The Bertz CT molecular complexity index is 430. The van der Waals surface area contributed by atoms with Gasteiger partial charge in [0.25, 0.3) is 0 Å². The van der Waals surface area contributed by atoms with Crippen LogP contribution < -0.4 is 4.74 Å². The predicted octanol–water partition coefficient (Wildman–Crippen LogP) is 3.70. The Hall–Kier alpha value is -1.02. The maximum atomic E-state index is 10.4. The molecule has 2 heteroatoms. The van der Waals surface area contributed by atoms with Crippen LogP contribution in [0, 0.1) is 11.8 Å². The molecule has 3 atom stereocenters. The highest BCUT2D eigenvalue weighted by Crippen LogP contribution is 2.48. The van der Waals surface area contributed by atoms with E-state index in [1.807, 2.05) is 24.3 Å². The standard InChI is InChI=1S/C16H22O2/c1-11-7-12(2)9-16(8-11)10-14(17)13-5-3-4-6-15(13)18-16/h3-6,11-12,14,17H,7-10H2,1-2H3/t11?,12?,14-,16?/m1/s1. The third-order valence-corrected chi connectivity index (χ3v) is 4.42. The van der Waals surface area contributed by atoms with E-state index in [2.05, 4.69) is 13.8 Å². The van der Waals surface area contributed by atoms with Crippen molar-refractivity contribution in [3.05, 3.63) is 29.8 Å². The first-order chi connectivity index (χ1) is 8.58. The molecule has 1 aliphatic heterocycles. The number of rotatable bonds is 0. The monoisotopic (exact) mass is 246 g/mol. The van der Waals surface area contributed by atoms with Gasteiger partial charge < -0.3 is 9.84 Å². The number of aliphatic hydroxyl groups excluding tert-OH is 1. The topological polar surface area (TPSA) is 29.5 Å². The Balaban J connectivity index is 1.93. The summed E-state index contributed by atoms with van der Waals surface area (Å²) in [6.07, 6.45) is 3.81. The van der Waals surface area contributed by atoms with Crippen LogP contribution in [0.15, 0.2) is 24.3 Å². The highest BCUT2D eigenvalue weighted by molar-refractivity contribution is 5.38. The molecule has 2 nitrogen and oxygen atoms in total. The van der Waals surface area contributed by atoms with Gasteiger partial charge in [-0.05, 0) is 37.2 Å². The van der Waals surface area contributed by atoms with Gasteiger partial charge in [-0.2, -0.15) is 0 Å². The first-order valence-corrected chi connectivity index (χ1v) is 7.04. The minimum atomic E-state index is -0.368. The highest BCUT2D eigenvalue weighted by atomic mass is 16.5. The fraction of sp³-hybridized carbons (Fsp3) is 0.625. The Morgan fingerprint density at radius 1 is 1.11 bits per heavy atom. The summed E-state index contributed by atoms with van der Waals surface area (Å²) in [6, 6.07) is 7.92. The van der Waals surface area contributed by atoms with E-state index < -0.39 is 0 Å². The number of para-hydroxylation sites is 1. The van der Waals surface area contributed by atoms with Gasteiger partial charge in [0.1, 0.15) is 11.4 Å². The van der Waals surface area contributed by atoms with Crippen LogP contribution in [0.4, 0.5) is 0 Å². The van der Waals surface area contributed by atoms with E-state index in [-0.39, 0.29) is 11.7 Å². The van der Waals surface area contributed by atoms with Gasteiger partial charge in [-0.1, -0.05) is 32.0 Å². The number of hydrogen-bond acceptors (Lipinski definition) is 2. The van der Waals surface area contributed by atoms with Crippen molar-refractivity contribution in [2.24, 2.45) is 11.8 Å². The molecule has 0 aromatic heterocycles. The van der Waals surface area contributed by atoms with Crippen LogP contribution in [0.1, 0.15) is 51.2 Å². The van der Waals surface area contributed by atoms with E-state index in [4.69, 9.17) is 4.74 Å². The van der Waals surface area contributed by atoms with Gasteiger partial charge in [-0.3, -0.25) is 0 Å². The molecule has 1 aromatic rings. The number of hydrogen-bond donors (Lipinski definition) is 1. The van der Waals surface area contributed by atoms with Crippen molar-refractivity contribution in [2.75, 3.05) is 0 Å². The molecule has 1 heterocycles. The van der Waals surface area contributed by atoms with Crippen molar-refractivity contribution in [2.45, 2.75) is 51.2 Å². The zero-order valence-corrected chi connectivity index (χ0v) is 11.2. The van der Waals surface area contributed by atoms with Crippen molar-refractivity contribution in [3.63, 3.8) is 0 Å². The number of fused-ring (bicyclic) bond motifs is 1. The summed E-state index contributed by atoms with van der Waals surface area (Å²) in [5.74, 6) is 2.26. The lowest BCUT2D eigenvalue weighted by atomic mass is 9.70. The highest BCUT2D eigenvalue weighted by Gasteiger charge is 2.44. The maximum absolute atomic E-state index is 10.4. The Morgan fingerprint density at radius 2 is 1.78 bits per heavy atom. The molecule has 2 aliphatic rings. The van der Waals surface area contributed by atoms with E-state index >= 15 is 0 Å². The van der Waals surface area contributed by atoms with Crippen molar-refractivity contribution in [1.82, 2.24) is 0 Å². The molecule has 1 spiro atoms. The quantitative estimate of drug-likeness (QED) is 0.756. The maximum Gasteiger partial charge on any atom is 0.125 e.